The normalized spacial score (nSPS) is 12.0. The molecule has 0 fully saturated rings. The Morgan fingerprint density at radius 3 is 2.21 bits per heavy atom. The molecule has 0 saturated heterocycles. The van der Waals surface area contributed by atoms with Gasteiger partial charge in [-0.15, -0.1) is 0 Å². The molecule has 0 saturated carbocycles. The molecule has 0 aliphatic rings. The van der Waals surface area contributed by atoms with E-state index in [4.69, 9.17) is 4.74 Å². The average molecular weight is 198 g/mol. The van der Waals surface area contributed by atoms with E-state index in [-0.39, 0.29) is 11.6 Å². The number of hydrogen-bond donors (Lipinski definition) is 0. The van der Waals surface area contributed by atoms with Gasteiger partial charge in [0.25, 0.3) is 0 Å². The Hall–Kier alpha value is -0.790. The summed E-state index contributed by atoms with van der Waals surface area (Å²) >= 11 is 0. The van der Waals surface area contributed by atoms with Crippen LogP contribution in [0.25, 0.3) is 0 Å². The molecule has 0 aromatic rings. The van der Waals surface area contributed by atoms with Crippen LogP contribution in [0.2, 0.25) is 0 Å². The first-order valence-electron chi connectivity index (χ1n) is 5.49. The third-order valence-electron chi connectivity index (χ3n) is 2.61. The zero-order valence-corrected chi connectivity index (χ0v) is 9.80. The highest BCUT2D eigenvalue weighted by atomic mass is 16.6. The molecule has 82 valence electrons. The quantitative estimate of drug-likeness (QED) is 0.482. The fraction of sp³-hybridized carbons (Fsp3) is 0.750. The molecule has 2 nitrogen and oxygen atoms in total. The van der Waals surface area contributed by atoms with Crippen molar-refractivity contribution in [2.75, 3.05) is 0 Å². The van der Waals surface area contributed by atoms with E-state index in [1.54, 1.807) is 6.08 Å². The fourth-order valence-electron chi connectivity index (χ4n) is 1.64. The van der Waals surface area contributed by atoms with Gasteiger partial charge in [-0.2, -0.15) is 0 Å². The lowest BCUT2D eigenvalue weighted by atomic mass is 9.92. The molecule has 14 heavy (non-hydrogen) atoms. The molecule has 0 atom stereocenters. The molecule has 0 heterocycles. The van der Waals surface area contributed by atoms with Crippen molar-refractivity contribution < 1.29 is 9.53 Å². The Bertz CT molecular complexity index is 190. The minimum absolute atomic E-state index is 0.218. The summed E-state index contributed by atoms with van der Waals surface area (Å²) in [5.41, 5.74) is -0.245. The first-order valence-corrected chi connectivity index (χ1v) is 5.49. The topological polar surface area (TPSA) is 26.3 Å². The molecule has 0 rings (SSSR count). The second-order valence-corrected chi connectivity index (χ2v) is 3.56. The summed E-state index contributed by atoms with van der Waals surface area (Å²) in [5, 5.41) is 0. The second kappa shape index (κ2) is 6.63. The van der Waals surface area contributed by atoms with Crippen molar-refractivity contribution in [2.45, 2.75) is 59.0 Å². The lowest BCUT2D eigenvalue weighted by Gasteiger charge is -2.30. The zero-order valence-electron chi connectivity index (χ0n) is 9.80. The number of ether oxygens (including phenoxy) is 1. The second-order valence-electron chi connectivity index (χ2n) is 3.56. The summed E-state index contributed by atoms with van der Waals surface area (Å²) in [4.78, 5) is 11.3. The molecular weight excluding hydrogens is 176 g/mol. The van der Waals surface area contributed by atoms with Crippen LogP contribution >= 0.6 is 0 Å². The highest BCUT2D eigenvalue weighted by Gasteiger charge is 2.28. The first kappa shape index (κ1) is 13.2. The van der Waals surface area contributed by atoms with Crippen molar-refractivity contribution in [2.24, 2.45) is 0 Å². The molecule has 0 unspecified atom stereocenters. The lowest BCUT2D eigenvalue weighted by molar-refractivity contribution is -0.155. The standard InChI is InChI=1S/C12H22O2/c1-5-9-11(13)14-12(7-3,8-4)10-6-2/h5,9H,6-8,10H2,1-4H3. The molecule has 0 bridgehead atoms. The monoisotopic (exact) mass is 198 g/mol. The predicted octanol–water partition coefficient (Wildman–Crippen LogP) is 3.46. The van der Waals surface area contributed by atoms with Crippen molar-refractivity contribution in [3.05, 3.63) is 12.2 Å². The summed E-state index contributed by atoms with van der Waals surface area (Å²) in [6.45, 7) is 8.08. The van der Waals surface area contributed by atoms with E-state index < -0.39 is 0 Å². The van der Waals surface area contributed by atoms with Gasteiger partial charge in [0.1, 0.15) is 5.60 Å². The summed E-state index contributed by atoms with van der Waals surface area (Å²) < 4.78 is 5.49. The maximum absolute atomic E-state index is 11.3. The van der Waals surface area contributed by atoms with Crippen LogP contribution in [0.3, 0.4) is 0 Å². The molecule has 0 amide bonds. The van der Waals surface area contributed by atoms with Crippen LogP contribution in [0, 0.1) is 0 Å². The van der Waals surface area contributed by atoms with Gasteiger partial charge in [0.05, 0.1) is 0 Å². The van der Waals surface area contributed by atoms with Gasteiger partial charge in [0, 0.05) is 6.08 Å². The van der Waals surface area contributed by atoms with Crippen LogP contribution in [-0.4, -0.2) is 11.6 Å². The number of rotatable bonds is 6. The van der Waals surface area contributed by atoms with E-state index >= 15 is 0 Å². The van der Waals surface area contributed by atoms with Crippen molar-refractivity contribution in [1.82, 2.24) is 0 Å². The van der Waals surface area contributed by atoms with E-state index in [1.807, 2.05) is 6.92 Å². The van der Waals surface area contributed by atoms with Crippen LogP contribution in [0.15, 0.2) is 12.2 Å². The summed E-state index contributed by atoms with van der Waals surface area (Å²) in [7, 11) is 0. The number of esters is 1. The SMILES string of the molecule is CC=CC(=O)OC(CC)(CC)CCC. The zero-order chi connectivity index (χ0) is 11.0. The van der Waals surface area contributed by atoms with Gasteiger partial charge in [-0.25, -0.2) is 4.79 Å². The summed E-state index contributed by atoms with van der Waals surface area (Å²) in [6, 6.07) is 0. The van der Waals surface area contributed by atoms with E-state index in [0.717, 1.165) is 25.7 Å². The van der Waals surface area contributed by atoms with Gasteiger partial charge in [0.2, 0.25) is 0 Å². The maximum atomic E-state index is 11.3. The molecule has 0 aromatic carbocycles. The van der Waals surface area contributed by atoms with Crippen molar-refractivity contribution in [1.29, 1.82) is 0 Å². The molecule has 0 spiro atoms. The van der Waals surface area contributed by atoms with E-state index in [2.05, 4.69) is 20.8 Å². The van der Waals surface area contributed by atoms with Crippen molar-refractivity contribution in [3.63, 3.8) is 0 Å². The van der Waals surface area contributed by atoms with Gasteiger partial charge in [-0.3, -0.25) is 0 Å². The average Bonchev–Trinajstić information content (AvgIpc) is 2.17. The largest absolute Gasteiger partial charge is 0.456 e. The maximum Gasteiger partial charge on any atom is 0.330 e. The summed E-state index contributed by atoms with van der Waals surface area (Å²) in [5.74, 6) is -0.218. The van der Waals surface area contributed by atoms with Crippen LogP contribution in [0.5, 0.6) is 0 Å². The van der Waals surface area contributed by atoms with Crippen LogP contribution in [0.4, 0.5) is 0 Å². The van der Waals surface area contributed by atoms with Gasteiger partial charge in [-0.05, 0) is 26.2 Å². The molecule has 0 aliphatic heterocycles. The van der Waals surface area contributed by atoms with Gasteiger partial charge in [0.15, 0.2) is 0 Å². The number of carbonyl (C=O) groups excluding carboxylic acids is 1. The predicted molar refractivity (Wildman–Crippen MR) is 59.1 cm³/mol. The van der Waals surface area contributed by atoms with E-state index in [0.29, 0.717) is 0 Å². The number of carbonyl (C=O) groups is 1. The Kier molecular flexibility index (Phi) is 6.26. The van der Waals surface area contributed by atoms with E-state index in [9.17, 15) is 4.79 Å². The Morgan fingerprint density at radius 2 is 1.86 bits per heavy atom. The molecule has 0 radical (unpaired) electrons. The van der Waals surface area contributed by atoms with Crippen LogP contribution < -0.4 is 0 Å². The van der Waals surface area contributed by atoms with Crippen LogP contribution in [-0.2, 0) is 9.53 Å². The first-order chi connectivity index (χ1) is 6.64. The molecule has 0 N–H and O–H groups in total. The van der Waals surface area contributed by atoms with Gasteiger partial charge in [-0.1, -0.05) is 33.3 Å². The fourth-order valence-corrected chi connectivity index (χ4v) is 1.64. The van der Waals surface area contributed by atoms with Crippen LogP contribution in [0.1, 0.15) is 53.4 Å². The van der Waals surface area contributed by atoms with Gasteiger partial charge < -0.3 is 4.74 Å². The smallest absolute Gasteiger partial charge is 0.330 e. The number of hydrogen-bond acceptors (Lipinski definition) is 2. The molecule has 0 aromatic heterocycles. The van der Waals surface area contributed by atoms with Gasteiger partial charge >= 0.3 is 5.97 Å². The number of allylic oxidation sites excluding steroid dienone is 1. The molecular formula is C12H22O2. The summed E-state index contributed by atoms with van der Waals surface area (Å²) in [6.07, 6.45) is 6.97. The Morgan fingerprint density at radius 1 is 1.29 bits per heavy atom. The lowest BCUT2D eigenvalue weighted by Crippen LogP contribution is -2.33. The minimum atomic E-state index is -0.245. The Labute approximate surface area is 87.3 Å². The van der Waals surface area contributed by atoms with Crippen molar-refractivity contribution >= 4 is 5.97 Å². The highest BCUT2D eigenvalue weighted by Crippen LogP contribution is 2.26. The van der Waals surface area contributed by atoms with E-state index in [1.165, 1.54) is 6.08 Å². The third-order valence-corrected chi connectivity index (χ3v) is 2.61. The molecule has 2 heteroatoms. The van der Waals surface area contributed by atoms with Crippen molar-refractivity contribution in [3.8, 4) is 0 Å². The Balaban J connectivity index is 4.41. The third kappa shape index (κ3) is 3.95. The molecule has 0 aliphatic carbocycles. The minimum Gasteiger partial charge on any atom is -0.456 e. The highest BCUT2D eigenvalue weighted by molar-refractivity contribution is 5.82.